The highest BCUT2D eigenvalue weighted by molar-refractivity contribution is 5.78. The van der Waals surface area contributed by atoms with E-state index >= 15 is 0 Å². The molecular formula is C12H17N3O2. The molecule has 1 amide bonds. The van der Waals surface area contributed by atoms with E-state index in [0.29, 0.717) is 19.6 Å². The summed E-state index contributed by atoms with van der Waals surface area (Å²) in [6.07, 6.45) is 3.86. The summed E-state index contributed by atoms with van der Waals surface area (Å²) in [5.74, 6) is 0.00664. The monoisotopic (exact) mass is 235 g/mol. The largest absolute Gasteiger partial charge is 0.374 e. The SMILES string of the molecule is O=C(Cc1cccnc1)NCC1CNCCO1. The van der Waals surface area contributed by atoms with Crippen LogP contribution >= 0.6 is 0 Å². The Hall–Kier alpha value is -1.46. The van der Waals surface area contributed by atoms with Crippen molar-refractivity contribution in [2.75, 3.05) is 26.2 Å². The van der Waals surface area contributed by atoms with Gasteiger partial charge in [-0.1, -0.05) is 6.07 Å². The van der Waals surface area contributed by atoms with Crippen LogP contribution in [0, 0.1) is 0 Å². The molecule has 5 heteroatoms. The summed E-state index contributed by atoms with van der Waals surface area (Å²) in [5.41, 5.74) is 0.924. The summed E-state index contributed by atoms with van der Waals surface area (Å²) < 4.78 is 5.49. The van der Waals surface area contributed by atoms with Crippen LogP contribution in [0.2, 0.25) is 0 Å². The number of ether oxygens (including phenoxy) is 1. The number of morpholine rings is 1. The van der Waals surface area contributed by atoms with Crippen LogP contribution in [0.15, 0.2) is 24.5 Å². The van der Waals surface area contributed by atoms with E-state index in [1.54, 1.807) is 12.4 Å². The van der Waals surface area contributed by atoms with Crippen LogP contribution in [0.3, 0.4) is 0 Å². The Morgan fingerprint density at radius 2 is 2.59 bits per heavy atom. The molecule has 2 heterocycles. The van der Waals surface area contributed by atoms with Crippen molar-refractivity contribution in [3.63, 3.8) is 0 Å². The highest BCUT2D eigenvalue weighted by Gasteiger charge is 2.14. The van der Waals surface area contributed by atoms with Crippen LogP contribution < -0.4 is 10.6 Å². The predicted molar refractivity (Wildman–Crippen MR) is 63.6 cm³/mol. The molecule has 0 aliphatic carbocycles. The van der Waals surface area contributed by atoms with Crippen molar-refractivity contribution in [2.24, 2.45) is 0 Å². The molecule has 0 radical (unpaired) electrons. The number of rotatable bonds is 4. The van der Waals surface area contributed by atoms with Gasteiger partial charge < -0.3 is 15.4 Å². The van der Waals surface area contributed by atoms with Gasteiger partial charge in [-0.2, -0.15) is 0 Å². The van der Waals surface area contributed by atoms with Gasteiger partial charge in [-0.3, -0.25) is 9.78 Å². The summed E-state index contributed by atoms with van der Waals surface area (Å²) in [7, 11) is 0. The number of hydrogen-bond acceptors (Lipinski definition) is 4. The first-order valence-electron chi connectivity index (χ1n) is 5.82. The van der Waals surface area contributed by atoms with E-state index in [0.717, 1.165) is 18.7 Å². The van der Waals surface area contributed by atoms with Crippen molar-refractivity contribution < 1.29 is 9.53 Å². The van der Waals surface area contributed by atoms with Crippen LogP contribution in [0.1, 0.15) is 5.56 Å². The smallest absolute Gasteiger partial charge is 0.224 e. The zero-order valence-corrected chi connectivity index (χ0v) is 9.69. The maximum Gasteiger partial charge on any atom is 0.224 e. The minimum atomic E-state index is 0.00664. The summed E-state index contributed by atoms with van der Waals surface area (Å²) in [6.45, 7) is 2.96. The lowest BCUT2D eigenvalue weighted by Crippen LogP contribution is -2.45. The number of hydrogen-bond donors (Lipinski definition) is 2. The number of nitrogens with one attached hydrogen (secondary N) is 2. The van der Waals surface area contributed by atoms with Gasteiger partial charge in [0.05, 0.1) is 19.1 Å². The molecule has 0 aromatic carbocycles. The van der Waals surface area contributed by atoms with E-state index < -0.39 is 0 Å². The zero-order chi connectivity index (χ0) is 11.9. The zero-order valence-electron chi connectivity index (χ0n) is 9.69. The Morgan fingerprint density at radius 1 is 1.65 bits per heavy atom. The number of amides is 1. The molecule has 1 aromatic rings. The van der Waals surface area contributed by atoms with Crippen molar-refractivity contribution in [1.82, 2.24) is 15.6 Å². The highest BCUT2D eigenvalue weighted by atomic mass is 16.5. The average Bonchev–Trinajstić information content (AvgIpc) is 2.39. The first-order valence-corrected chi connectivity index (χ1v) is 5.82. The van der Waals surface area contributed by atoms with Crippen molar-refractivity contribution in [2.45, 2.75) is 12.5 Å². The molecule has 1 aromatic heterocycles. The van der Waals surface area contributed by atoms with Gasteiger partial charge in [0.25, 0.3) is 0 Å². The second-order valence-corrected chi connectivity index (χ2v) is 4.04. The maximum absolute atomic E-state index is 11.6. The highest BCUT2D eigenvalue weighted by Crippen LogP contribution is 1.98. The summed E-state index contributed by atoms with van der Waals surface area (Å²) in [5, 5.41) is 6.09. The van der Waals surface area contributed by atoms with Crippen LogP contribution in [0.25, 0.3) is 0 Å². The van der Waals surface area contributed by atoms with Gasteiger partial charge in [0.1, 0.15) is 0 Å². The van der Waals surface area contributed by atoms with Crippen LogP contribution in [-0.2, 0) is 16.0 Å². The molecule has 1 saturated heterocycles. The fourth-order valence-corrected chi connectivity index (χ4v) is 1.73. The molecule has 1 aliphatic rings. The van der Waals surface area contributed by atoms with E-state index in [2.05, 4.69) is 15.6 Å². The molecule has 1 atom stereocenters. The molecule has 2 rings (SSSR count). The molecule has 0 saturated carbocycles. The Balaban J connectivity index is 1.70. The molecule has 1 unspecified atom stereocenters. The molecule has 1 fully saturated rings. The number of nitrogens with zero attached hydrogens (tertiary/aromatic N) is 1. The number of pyridine rings is 1. The lowest BCUT2D eigenvalue weighted by Gasteiger charge is -2.23. The Morgan fingerprint density at radius 3 is 3.29 bits per heavy atom. The Bertz CT molecular complexity index is 350. The van der Waals surface area contributed by atoms with Gasteiger partial charge in [0, 0.05) is 32.0 Å². The van der Waals surface area contributed by atoms with E-state index in [9.17, 15) is 4.79 Å². The molecule has 92 valence electrons. The molecule has 5 nitrogen and oxygen atoms in total. The lowest BCUT2D eigenvalue weighted by molar-refractivity contribution is -0.121. The van der Waals surface area contributed by atoms with E-state index in [1.807, 2.05) is 12.1 Å². The maximum atomic E-state index is 11.6. The summed E-state index contributed by atoms with van der Waals surface area (Å²) >= 11 is 0. The van der Waals surface area contributed by atoms with E-state index in [4.69, 9.17) is 4.74 Å². The quantitative estimate of drug-likeness (QED) is 0.754. The molecule has 17 heavy (non-hydrogen) atoms. The van der Waals surface area contributed by atoms with Crippen LogP contribution in [0.4, 0.5) is 0 Å². The Kier molecular flexibility index (Phi) is 4.46. The topological polar surface area (TPSA) is 63.2 Å². The normalized spacial score (nSPS) is 19.9. The van der Waals surface area contributed by atoms with Crippen LogP contribution in [0.5, 0.6) is 0 Å². The fourth-order valence-electron chi connectivity index (χ4n) is 1.73. The van der Waals surface area contributed by atoms with Crippen molar-refractivity contribution in [3.05, 3.63) is 30.1 Å². The molecule has 0 bridgehead atoms. The Labute approximate surface area is 101 Å². The summed E-state index contributed by atoms with van der Waals surface area (Å²) in [4.78, 5) is 15.6. The van der Waals surface area contributed by atoms with Crippen molar-refractivity contribution in [1.29, 1.82) is 0 Å². The standard InChI is InChI=1S/C12H17N3O2/c16-12(6-10-2-1-3-13-7-10)15-9-11-8-14-4-5-17-11/h1-3,7,11,14H,4-6,8-9H2,(H,15,16). The first kappa shape index (κ1) is 12.0. The first-order chi connectivity index (χ1) is 8.34. The molecule has 0 spiro atoms. The van der Waals surface area contributed by atoms with Gasteiger partial charge in [0.2, 0.25) is 5.91 Å². The van der Waals surface area contributed by atoms with Gasteiger partial charge in [-0.05, 0) is 11.6 Å². The third kappa shape index (κ3) is 4.13. The summed E-state index contributed by atoms with van der Waals surface area (Å²) in [6, 6.07) is 3.72. The third-order valence-electron chi connectivity index (χ3n) is 2.62. The lowest BCUT2D eigenvalue weighted by atomic mass is 10.2. The van der Waals surface area contributed by atoms with Crippen molar-refractivity contribution >= 4 is 5.91 Å². The van der Waals surface area contributed by atoms with Gasteiger partial charge in [0.15, 0.2) is 0 Å². The van der Waals surface area contributed by atoms with Crippen LogP contribution in [-0.4, -0.2) is 43.2 Å². The fraction of sp³-hybridized carbons (Fsp3) is 0.500. The molecule has 2 N–H and O–H groups in total. The van der Waals surface area contributed by atoms with Gasteiger partial charge in [-0.15, -0.1) is 0 Å². The minimum absolute atomic E-state index is 0.00664. The van der Waals surface area contributed by atoms with E-state index in [1.165, 1.54) is 0 Å². The molecule has 1 aliphatic heterocycles. The average molecular weight is 235 g/mol. The third-order valence-corrected chi connectivity index (χ3v) is 2.62. The minimum Gasteiger partial charge on any atom is -0.374 e. The van der Waals surface area contributed by atoms with E-state index in [-0.39, 0.29) is 12.0 Å². The molecular weight excluding hydrogens is 218 g/mol. The second-order valence-electron chi connectivity index (χ2n) is 4.04. The van der Waals surface area contributed by atoms with Gasteiger partial charge >= 0.3 is 0 Å². The van der Waals surface area contributed by atoms with Gasteiger partial charge in [-0.25, -0.2) is 0 Å². The number of aromatic nitrogens is 1. The number of carbonyl (C=O) groups excluding carboxylic acids is 1. The van der Waals surface area contributed by atoms with Crippen molar-refractivity contribution in [3.8, 4) is 0 Å². The predicted octanol–water partition coefficient (Wildman–Crippen LogP) is -0.271. The second kappa shape index (κ2) is 6.32. The number of carbonyl (C=O) groups is 1.